The number of nitrogens with zero attached hydrogens (tertiary/aromatic N) is 4. The second-order valence-electron chi connectivity index (χ2n) is 9.84. The Bertz CT molecular complexity index is 1600. The van der Waals surface area contributed by atoms with Crippen LogP contribution in [0.1, 0.15) is 27.9 Å². The van der Waals surface area contributed by atoms with E-state index in [-0.39, 0.29) is 4.90 Å². The van der Waals surface area contributed by atoms with Crippen LogP contribution in [0.4, 0.5) is 62.9 Å². The molecule has 1 aliphatic rings. The van der Waals surface area contributed by atoms with Crippen LogP contribution in [0.15, 0.2) is 30.6 Å². The van der Waals surface area contributed by atoms with Gasteiger partial charge < -0.3 is 16.0 Å². The lowest BCUT2D eigenvalue weighted by Gasteiger charge is -2.25. The predicted molar refractivity (Wildman–Crippen MR) is 126 cm³/mol. The Kier molecular flexibility index (Phi) is 8.38. The van der Waals surface area contributed by atoms with E-state index in [2.05, 4.69) is 10.1 Å². The molecular weight excluding hydrogens is 651 g/mol. The minimum Gasteiger partial charge on any atom is -0.382 e. The van der Waals surface area contributed by atoms with E-state index in [9.17, 15) is 66.7 Å². The number of likely N-dealkylation sites (tertiary alicyclic amines) is 1. The topological polar surface area (TPSA) is 106 Å². The summed E-state index contributed by atoms with van der Waals surface area (Å²) < 4.78 is 175. The lowest BCUT2D eigenvalue weighted by Crippen LogP contribution is -2.43. The number of carbonyl (C=O) groups excluding carboxylic acids is 2. The monoisotopic (exact) mass is 668 g/mol. The summed E-state index contributed by atoms with van der Waals surface area (Å²) in [5.41, 5.74) is -0.349. The minimum atomic E-state index is -5.88. The number of anilines is 1. The Morgan fingerprint density at radius 2 is 1.51 bits per heavy atom. The molecule has 8 nitrogen and oxygen atoms in total. The van der Waals surface area contributed by atoms with E-state index in [4.69, 9.17) is 5.73 Å². The number of aromatic nitrogens is 3. The number of nitrogens with one attached hydrogen (secondary N) is 1. The molecule has 1 aliphatic heterocycles. The van der Waals surface area contributed by atoms with Crippen molar-refractivity contribution in [2.24, 2.45) is 5.92 Å². The van der Waals surface area contributed by atoms with Crippen LogP contribution in [0.5, 0.6) is 0 Å². The Morgan fingerprint density at radius 1 is 0.911 bits per heavy atom. The van der Waals surface area contributed by atoms with E-state index < -0.39 is 113 Å². The Labute approximate surface area is 242 Å². The molecular formula is C24H17F13N6O2. The zero-order valence-electron chi connectivity index (χ0n) is 21.8. The molecule has 2 aromatic heterocycles. The molecule has 0 saturated carbocycles. The fraction of sp³-hybridized carbons (Fsp3) is 0.417. The molecule has 1 fully saturated rings. The van der Waals surface area contributed by atoms with Crippen molar-refractivity contribution in [2.45, 2.75) is 43.3 Å². The Hall–Kier alpha value is -4.33. The van der Waals surface area contributed by atoms with E-state index in [0.717, 1.165) is 6.33 Å². The number of nitrogen functional groups attached to an aromatic ring is 1. The molecule has 3 aromatic rings. The summed E-state index contributed by atoms with van der Waals surface area (Å²) in [6.07, 6.45) is -25.7. The van der Waals surface area contributed by atoms with Crippen LogP contribution in [-0.2, 0) is 17.1 Å². The van der Waals surface area contributed by atoms with E-state index in [1.165, 1.54) is 0 Å². The minimum absolute atomic E-state index is 0.247. The molecule has 1 aromatic carbocycles. The van der Waals surface area contributed by atoms with Crippen molar-refractivity contribution < 1.29 is 66.7 Å². The summed E-state index contributed by atoms with van der Waals surface area (Å²) in [5.74, 6) is -8.17. The number of fused-ring (bicyclic) bond motifs is 1. The van der Waals surface area contributed by atoms with Gasteiger partial charge in [0.25, 0.3) is 5.91 Å². The predicted octanol–water partition coefficient (Wildman–Crippen LogP) is 5.43. The number of amides is 2. The molecule has 246 valence electrons. The van der Waals surface area contributed by atoms with Gasteiger partial charge >= 0.3 is 24.7 Å². The molecule has 45 heavy (non-hydrogen) atoms. The highest BCUT2D eigenvalue weighted by Gasteiger charge is 2.58. The molecule has 2 amide bonds. The highest BCUT2D eigenvalue weighted by atomic mass is 19.4. The SMILES string of the molecule is Nc1ncnn2c(-c3ccc(C(F)(F)F)c(C(=O)N[C@@H]4CN(C(=O)CC(C(F)(F)F)C(F)(F)F)C[C@@H]4F)c3)cc(C(F)(F)F)c12. The van der Waals surface area contributed by atoms with Crippen LogP contribution in [0.25, 0.3) is 16.8 Å². The highest BCUT2D eigenvalue weighted by Crippen LogP contribution is 2.42. The number of hydrogen-bond acceptors (Lipinski definition) is 5. The van der Waals surface area contributed by atoms with Crippen LogP contribution in [0.3, 0.4) is 0 Å². The summed E-state index contributed by atoms with van der Waals surface area (Å²) in [7, 11) is 0. The average Bonchev–Trinajstić information content (AvgIpc) is 3.46. The zero-order valence-corrected chi connectivity index (χ0v) is 21.8. The first kappa shape index (κ1) is 33.6. The fourth-order valence-corrected chi connectivity index (χ4v) is 4.70. The first-order valence-electron chi connectivity index (χ1n) is 12.3. The molecule has 0 unspecified atom stereocenters. The third-order valence-corrected chi connectivity index (χ3v) is 6.84. The second-order valence-corrected chi connectivity index (χ2v) is 9.84. The molecule has 1 saturated heterocycles. The van der Waals surface area contributed by atoms with Crippen molar-refractivity contribution in [3.63, 3.8) is 0 Å². The van der Waals surface area contributed by atoms with Crippen molar-refractivity contribution in [1.82, 2.24) is 24.8 Å². The number of rotatable bonds is 5. The normalized spacial score (nSPS) is 18.2. The van der Waals surface area contributed by atoms with Crippen molar-refractivity contribution in [2.75, 3.05) is 18.8 Å². The van der Waals surface area contributed by atoms with Gasteiger partial charge in [-0.2, -0.15) is 57.8 Å². The second kappa shape index (κ2) is 11.2. The van der Waals surface area contributed by atoms with Gasteiger partial charge in [0.1, 0.15) is 18.0 Å². The third kappa shape index (κ3) is 6.85. The molecule has 3 heterocycles. The Morgan fingerprint density at radius 3 is 2.07 bits per heavy atom. The van der Waals surface area contributed by atoms with Crippen molar-refractivity contribution in [3.8, 4) is 11.3 Å². The molecule has 3 N–H and O–H groups in total. The summed E-state index contributed by atoms with van der Waals surface area (Å²) >= 11 is 0. The molecule has 0 bridgehead atoms. The highest BCUT2D eigenvalue weighted by molar-refractivity contribution is 5.97. The van der Waals surface area contributed by atoms with Gasteiger partial charge in [0, 0.05) is 18.5 Å². The zero-order chi connectivity index (χ0) is 33.9. The van der Waals surface area contributed by atoms with Gasteiger partial charge in [-0.15, -0.1) is 0 Å². The molecule has 4 rings (SSSR count). The number of nitrogens with two attached hydrogens (primary N) is 1. The third-order valence-electron chi connectivity index (χ3n) is 6.84. The number of benzene rings is 1. The van der Waals surface area contributed by atoms with Gasteiger partial charge in [0.15, 0.2) is 11.7 Å². The van der Waals surface area contributed by atoms with E-state index in [0.29, 0.717) is 28.8 Å². The molecule has 2 atom stereocenters. The lowest BCUT2D eigenvalue weighted by molar-refractivity contribution is -0.284. The van der Waals surface area contributed by atoms with Gasteiger partial charge in [-0.3, -0.25) is 9.59 Å². The van der Waals surface area contributed by atoms with Gasteiger partial charge in [0.2, 0.25) is 5.91 Å². The average molecular weight is 668 g/mol. The number of carbonyl (C=O) groups is 2. The summed E-state index contributed by atoms with van der Waals surface area (Å²) in [5, 5.41) is 5.47. The molecule has 0 aliphatic carbocycles. The largest absolute Gasteiger partial charge is 0.418 e. The van der Waals surface area contributed by atoms with E-state index in [1.807, 2.05) is 5.32 Å². The number of hydrogen-bond donors (Lipinski definition) is 2. The van der Waals surface area contributed by atoms with Crippen molar-refractivity contribution in [1.29, 1.82) is 0 Å². The van der Waals surface area contributed by atoms with Gasteiger partial charge in [0.05, 0.1) is 35.0 Å². The summed E-state index contributed by atoms with van der Waals surface area (Å²) in [6, 6.07) is 0.178. The smallest absolute Gasteiger partial charge is 0.382 e. The Balaban J connectivity index is 1.65. The van der Waals surface area contributed by atoms with Gasteiger partial charge in [-0.25, -0.2) is 13.9 Å². The summed E-state index contributed by atoms with van der Waals surface area (Å²) in [4.78, 5) is 28.9. The van der Waals surface area contributed by atoms with E-state index >= 15 is 0 Å². The van der Waals surface area contributed by atoms with Crippen molar-refractivity contribution >= 4 is 23.1 Å². The van der Waals surface area contributed by atoms with Gasteiger partial charge in [-0.1, -0.05) is 6.07 Å². The molecule has 0 radical (unpaired) electrons. The van der Waals surface area contributed by atoms with Gasteiger partial charge in [-0.05, 0) is 18.2 Å². The van der Waals surface area contributed by atoms with Crippen LogP contribution in [0.2, 0.25) is 0 Å². The van der Waals surface area contributed by atoms with Crippen LogP contribution < -0.4 is 11.1 Å². The molecule has 0 spiro atoms. The maximum Gasteiger partial charge on any atom is 0.418 e. The lowest BCUT2D eigenvalue weighted by atomic mass is 10.00. The standard InChI is InChI=1S/C24H17F13N6O2/c25-13-6-42(17(44)5-16(23(32,33)34)24(35,36)37)7-14(13)41-20(45)10-3-9(1-2-11(10)21(26,27)28)15-4-12(22(29,30)31)18-19(38)39-8-40-43(15)18/h1-4,8,13-14,16H,5-7H2,(H,41,45)(H2,38,39,40)/t13-,14+/m0/s1. The maximum absolute atomic E-state index is 14.7. The number of alkyl halides is 13. The van der Waals surface area contributed by atoms with Crippen LogP contribution in [0, 0.1) is 5.92 Å². The first-order valence-corrected chi connectivity index (χ1v) is 12.3. The van der Waals surface area contributed by atoms with Crippen molar-refractivity contribution in [3.05, 3.63) is 47.3 Å². The molecule has 21 heteroatoms. The fourth-order valence-electron chi connectivity index (χ4n) is 4.70. The maximum atomic E-state index is 14.7. The number of halogens is 13. The van der Waals surface area contributed by atoms with Crippen LogP contribution in [-0.4, -0.2) is 69.0 Å². The van der Waals surface area contributed by atoms with Crippen LogP contribution >= 0.6 is 0 Å². The quantitative estimate of drug-likeness (QED) is 0.354. The summed E-state index contributed by atoms with van der Waals surface area (Å²) in [6.45, 7) is -2.08. The first-order chi connectivity index (χ1) is 20.5. The van der Waals surface area contributed by atoms with E-state index in [1.54, 1.807) is 0 Å².